The zero-order chi connectivity index (χ0) is 36.0. The van der Waals surface area contributed by atoms with Crippen LogP contribution in [0.15, 0.2) is 166 Å². The smallest absolute Gasteiger partial charge is 0.178 e. The minimum atomic E-state index is -0.348. The maximum atomic E-state index is 6.82. The molecule has 1 atom stereocenters. The van der Waals surface area contributed by atoms with E-state index in [1.165, 1.54) is 16.7 Å². The van der Waals surface area contributed by atoms with Gasteiger partial charge in [-0.1, -0.05) is 129 Å². The van der Waals surface area contributed by atoms with E-state index < -0.39 is 0 Å². The molecule has 8 aromatic rings. The van der Waals surface area contributed by atoms with Crippen LogP contribution in [0, 0.1) is 0 Å². The molecule has 0 fully saturated rings. The van der Waals surface area contributed by atoms with Gasteiger partial charge in [-0.2, -0.15) is 0 Å². The van der Waals surface area contributed by atoms with E-state index in [-0.39, 0.29) is 11.6 Å². The molecule has 258 valence electrons. The van der Waals surface area contributed by atoms with Gasteiger partial charge in [-0.05, 0) is 69.8 Å². The van der Waals surface area contributed by atoms with Gasteiger partial charge >= 0.3 is 0 Å². The topological polar surface area (TPSA) is 68.3 Å². The molecule has 1 aliphatic carbocycles. The first kappa shape index (κ1) is 30.7. The van der Waals surface area contributed by atoms with Crippen LogP contribution in [0.4, 0.5) is 0 Å². The summed E-state index contributed by atoms with van der Waals surface area (Å²) in [7, 11) is 0. The molecule has 2 aliphatic heterocycles. The van der Waals surface area contributed by atoms with Gasteiger partial charge in [-0.15, -0.1) is 0 Å². The minimum absolute atomic E-state index is 0.143. The van der Waals surface area contributed by atoms with Crippen molar-refractivity contribution in [2.24, 2.45) is 9.98 Å². The van der Waals surface area contributed by atoms with Gasteiger partial charge in [-0.3, -0.25) is 0 Å². The van der Waals surface area contributed by atoms with Crippen molar-refractivity contribution in [3.63, 3.8) is 0 Å². The summed E-state index contributed by atoms with van der Waals surface area (Å²) in [5.41, 5.74) is 11.2. The van der Waals surface area contributed by atoms with Gasteiger partial charge in [0.1, 0.15) is 23.2 Å². The van der Waals surface area contributed by atoms with Gasteiger partial charge in [0.2, 0.25) is 0 Å². The normalized spacial score (nSPS) is 16.2. The van der Waals surface area contributed by atoms with Crippen LogP contribution in [-0.4, -0.2) is 11.7 Å². The number of furan rings is 1. The second-order valence-corrected chi connectivity index (χ2v) is 14.6. The zero-order valence-electron chi connectivity index (χ0n) is 29.6. The summed E-state index contributed by atoms with van der Waals surface area (Å²) in [6.07, 6.45) is -0.348. The second kappa shape index (κ2) is 11.5. The molecule has 0 spiro atoms. The molecule has 1 N–H and O–H groups in total. The zero-order valence-corrected chi connectivity index (χ0v) is 29.6. The number of nitrogens with zero attached hydrogens (tertiary/aromatic N) is 2. The molecule has 1 unspecified atom stereocenters. The van der Waals surface area contributed by atoms with Crippen molar-refractivity contribution in [1.82, 2.24) is 5.32 Å². The Balaban J connectivity index is 1.01. The summed E-state index contributed by atoms with van der Waals surface area (Å²) < 4.78 is 19.6. The van der Waals surface area contributed by atoms with E-state index in [0.717, 1.165) is 72.7 Å². The molecule has 0 saturated carbocycles. The molecular formula is C48H33N3O3. The molecule has 0 saturated heterocycles. The second-order valence-electron chi connectivity index (χ2n) is 14.6. The molecule has 1 aromatic heterocycles. The number of hydrogen-bond donors (Lipinski definition) is 1. The number of fused-ring (bicyclic) bond motifs is 9. The van der Waals surface area contributed by atoms with Crippen molar-refractivity contribution >= 4 is 33.6 Å². The summed E-state index contributed by atoms with van der Waals surface area (Å²) >= 11 is 0. The maximum absolute atomic E-state index is 6.82. The van der Waals surface area contributed by atoms with Crippen LogP contribution in [-0.2, 0) is 5.41 Å². The van der Waals surface area contributed by atoms with E-state index in [1.54, 1.807) is 0 Å². The van der Waals surface area contributed by atoms with Gasteiger partial charge in [0.15, 0.2) is 28.8 Å². The highest BCUT2D eigenvalue weighted by atomic mass is 16.6. The number of benzene rings is 7. The molecule has 6 nitrogen and oxygen atoms in total. The van der Waals surface area contributed by atoms with Gasteiger partial charge in [0, 0.05) is 32.9 Å². The van der Waals surface area contributed by atoms with E-state index >= 15 is 0 Å². The Morgan fingerprint density at radius 2 is 1.28 bits per heavy atom. The fourth-order valence-corrected chi connectivity index (χ4v) is 8.32. The minimum Gasteiger partial charge on any atom is -0.456 e. The first-order valence-electron chi connectivity index (χ1n) is 18.3. The quantitative estimate of drug-likeness (QED) is 0.199. The molecule has 0 amide bonds. The summed E-state index contributed by atoms with van der Waals surface area (Å²) in [5.74, 6) is 4.19. The lowest BCUT2D eigenvalue weighted by Gasteiger charge is -2.26. The first-order chi connectivity index (χ1) is 26.5. The van der Waals surface area contributed by atoms with E-state index in [9.17, 15) is 0 Å². The number of hydrogen-bond acceptors (Lipinski definition) is 6. The van der Waals surface area contributed by atoms with Crippen LogP contribution in [0.3, 0.4) is 0 Å². The highest BCUT2D eigenvalue weighted by Crippen LogP contribution is 2.58. The lowest BCUT2D eigenvalue weighted by atomic mass is 9.82. The third-order valence-corrected chi connectivity index (χ3v) is 11.0. The van der Waals surface area contributed by atoms with Crippen LogP contribution in [0.2, 0.25) is 0 Å². The maximum Gasteiger partial charge on any atom is 0.178 e. The van der Waals surface area contributed by atoms with Gasteiger partial charge < -0.3 is 19.2 Å². The van der Waals surface area contributed by atoms with Crippen LogP contribution in [0.1, 0.15) is 47.8 Å². The average Bonchev–Trinajstić information content (AvgIpc) is 3.71. The molecule has 3 heterocycles. The van der Waals surface area contributed by atoms with Crippen LogP contribution < -0.4 is 14.8 Å². The van der Waals surface area contributed by atoms with Crippen LogP contribution >= 0.6 is 0 Å². The Hall–Kier alpha value is -6.92. The van der Waals surface area contributed by atoms with Crippen molar-refractivity contribution in [3.8, 4) is 45.3 Å². The van der Waals surface area contributed by atoms with Crippen LogP contribution in [0.5, 0.6) is 23.0 Å². The number of amidine groups is 2. The van der Waals surface area contributed by atoms with Crippen molar-refractivity contribution in [1.29, 1.82) is 0 Å². The number of para-hydroxylation sites is 1. The molecular weight excluding hydrogens is 667 g/mol. The molecule has 0 bridgehead atoms. The fraction of sp³-hybridized carbons (Fsp3) is 0.0833. The Morgan fingerprint density at radius 3 is 2.17 bits per heavy atom. The number of aliphatic imine (C=N–C) groups is 2. The van der Waals surface area contributed by atoms with Crippen molar-refractivity contribution in [2.45, 2.75) is 25.4 Å². The van der Waals surface area contributed by atoms with E-state index in [1.807, 2.05) is 60.7 Å². The molecule has 7 aromatic carbocycles. The number of rotatable bonds is 4. The van der Waals surface area contributed by atoms with E-state index in [4.69, 9.17) is 23.9 Å². The fourth-order valence-electron chi connectivity index (χ4n) is 8.32. The molecule has 3 aliphatic rings. The SMILES string of the molecule is CC1(C)c2ccccc2-c2c1ccc1c2Oc2cc(-c3ccccc3C3=NC(c4ccccc4)NC(c4ccc5c(c4)oc4ccccc45)=N3)ccc2O1. The molecule has 6 heteroatoms. The Bertz CT molecular complexity index is 2900. The lowest BCUT2D eigenvalue weighted by molar-refractivity contribution is 0.360. The monoisotopic (exact) mass is 699 g/mol. The highest BCUT2D eigenvalue weighted by molar-refractivity contribution is 6.16. The van der Waals surface area contributed by atoms with Gasteiger partial charge in [-0.25, -0.2) is 9.98 Å². The Kier molecular flexibility index (Phi) is 6.56. The first-order valence-corrected chi connectivity index (χ1v) is 18.3. The summed E-state index contributed by atoms with van der Waals surface area (Å²) in [4.78, 5) is 10.4. The predicted octanol–water partition coefficient (Wildman–Crippen LogP) is 12.0. The Morgan fingerprint density at radius 1 is 0.556 bits per heavy atom. The predicted molar refractivity (Wildman–Crippen MR) is 215 cm³/mol. The average molecular weight is 700 g/mol. The largest absolute Gasteiger partial charge is 0.456 e. The van der Waals surface area contributed by atoms with Crippen LogP contribution in [0.25, 0.3) is 44.2 Å². The summed E-state index contributed by atoms with van der Waals surface area (Å²) in [6.45, 7) is 4.54. The Labute approximate surface area is 312 Å². The highest BCUT2D eigenvalue weighted by Gasteiger charge is 2.39. The van der Waals surface area contributed by atoms with Crippen molar-refractivity contribution in [2.75, 3.05) is 0 Å². The lowest BCUT2D eigenvalue weighted by Crippen LogP contribution is -2.33. The third kappa shape index (κ3) is 4.66. The number of ether oxygens (including phenoxy) is 2. The molecule has 0 radical (unpaired) electrons. The van der Waals surface area contributed by atoms with Crippen molar-refractivity contribution in [3.05, 3.63) is 179 Å². The molecule has 11 rings (SSSR count). The van der Waals surface area contributed by atoms with E-state index in [2.05, 4.69) is 110 Å². The van der Waals surface area contributed by atoms with E-state index in [0.29, 0.717) is 17.3 Å². The van der Waals surface area contributed by atoms with Gasteiger partial charge in [0.05, 0.1) is 0 Å². The van der Waals surface area contributed by atoms with Crippen molar-refractivity contribution < 1.29 is 13.9 Å². The summed E-state index contributed by atoms with van der Waals surface area (Å²) in [6, 6.07) is 51.9. The standard InChI is InChI=1S/C48H33N3O3/c1-48(2)36-18-10-8-17-35(36)43-37(48)23-25-40-44(43)54-42-26-29(21-24-39(42)53-40)31-14-6-7-16-34(31)47-50-45(28-12-4-3-5-13-28)49-46(51-47)30-20-22-33-32-15-9-11-19-38(32)52-41(33)27-30/h3-27,45H,1-2H3,(H,49,50,51). The summed E-state index contributed by atoms with van der Waals surface area (Å²) in [5, 5.41) is 5.78. The van der Waals surface area contributed by atoms with Gasteiger partial charge in [0.25, 0.3) is 0 Å². The number of nitrogens with one attached hydrogen (secondary N) is 1. The third-order valence-electron chi connectivity index (χ3n) is 11.0. The molecule has 54 heavy (non-hydrogen) atoms.